The maximum absolute atomic E-state index is 12.3. The van der Waals surface area contributed by atoms with Crippen molar-refractivity contribution >= 4 is 23.5 Å². The number of rotatable bonds is 4. The van der Waals surface area contributed by atoms with Crippen LogP contribution >= 0.6 is 11.8 Å². The SMILES string of the molecule is CSC1(C(N)=NO)CCN(C(=O)Cc2ccccc2)CC1. The van der Waals surface area contributed by atoms with Gasteiger partial charge < -0.3 is 15.8 Å². The van der Waals surface area contributed by atoms with Crippen LogP contribution in [0.25, 0.3) is 0 Å². The summed E-state index contributed by atoms with van der Waals surface area (Å²) in [6.07, 6.45) is 3.81. The summed E-state index contributed by atoms with van der Waals surface area (Å²) in [6.45, 7) is 1.28. The first kappa shape index (κ1) is 15.7. The normalized spacial score (nSPS) is 18.5. The predicted molar refractivity (Wildman–Crippen MR) is 85.6 cm³/mol. The minimum Gasteiger partial charge on any atom is -0.409 e. The lowest BCUT2D eigenvalue weighted by molar-refractivity contribution is -0.131. The highest BCUT2D eigenvalue weighted by atomic mass is 32.2. The van der Waals surface area contributed by atoms with E-state index in [4.69, 9.17) is 10.9 Å². The topological polar surface area (TPSA) is 78.9 Å². The molecule has 0 atom stereocenters. The summed E-state index contributed by atoms with van der Waals surface area (Å²) in [5.74, 6) is 0.389. The van der Waals surface area contributed by atoms with Crippen LogP contribution in [-0.4, -0.2) is 45.9 Å². The van der Waals surface area contributed by atoms with E-state index in [1.807, 2.05) is 41.5 Å². The maximum Gasteiger partial charge on any atom is 0.226 e. The Labute approximate surface area is 129 Å². The fraction of sp³-hybridized carbons (Fsp3) is 0.467. The zero-order chi connectivity index (χ0) is 15.3. The monoisotopic (exact) mass is 307 g/mol. The van der Waals surface area contributed by atoms with E-state index in [-0.39, 0.29) is 16.5 Å². The minimum absolute atomic E-state index is 0.135. The molecule has 1 amide bonds. The van der Waals surface area contributed by atoms with E-state index in [0.29, 0.717) is 32.4 Å². The van der Waals surface area contributed by atoms with Crippen LogP contribution in [0.15, 0.2) is 35.5 Å². The Morgan fingerprint density at radius 2 is 2.00 bits per heavy atom. The standard InChI is InChI=1S/C15H21N3O2S/c1-21-15(14(16)17-20)7-9-18(10-8-15)13(19)11-12-5-3-2-4-6-12/h2-6,20H,7-11H2,1H3,(H2,16,17). The van der Waals surface area contributed by atoms with Gasteiger partial charge in [-0.25, -0.2) is 0 Å². The molecule has 2 rings (SSSR count). The molecule has 5 nitrogen and oxygen atoms in total. The molecule has 0 spiro atoms. The number of benzene rings is 1. The summed E-state index contributed by atoms with van der Waals surface area (Å²) in [5.41, 5.74) is 6.84. The van der Waals surface area contributed by atoms with E-state index >= 15 is 0 Å². The number of amidine groups is 1. The Kier molecular flexibility index (Phi) is 5.12. The van der Waals surface area contributed by atoms with Crippen molar-refractivity contribution < 1.29 is 10.0 Å². The first-order valence-corrected chi connectivity index (χ1v) is 8.18. The molecule has 0 unspecified atom stereocenters. The smallest absolute Gasteiger partial charge is 0.226 e. The van der Waals surface area contributed by atoms with Gasteiger partial charge in [-0.05, 0) is 24.7 Å². The van der Waals surface area contributed by atoms with Crippen LogP contribution < -0.4 is 5.73 Å². The molecule has 1 aliphatic rings. The van der Waals surface area contributed by atoms with Crippen molar-refractivity contribution in [3.63, 3.8) is 0 Å². The number of likely N-dealkylation sites (tertiary alicyclic amines) is 1. The zero-order valence-electron chi connectivity index (χ0n) is 12.2. The van der Waals surface area contributed by atoms with Gasteiger partial charge in [-0.1, -0.05) is 35.5 Å². The van der Waals surface area contributed by atoms with Gasteiger partial charge in [0.25, 0.3) is 0 Å². The van der Waals surface area contributed by atoms with E-state index in [1.165, 1.54) is 0 Å². The minimum atomic E-state index is -0.349. The summed E-state index contributed by atoms with van der Waals surface area (Å²) in [6, 6.07) is 9.75. The van der Waals surface area contributed by atoms with Crippen LogP contribution in [0, 0.1) is 0 Å². The molecule has 1 aliphatic heterocycles. The number of amides is 1. The lowest BCUT2D eigenvalue weighted by Gasteiger charge is -2.39. The Morgan fingerprint density at radius 3 is 2.52 bits per heavy atom. The van der Waals surface area contributed by atoms with Gasteiger partial charge in [0.1, 0.15) is 0 Å². The van der Waals surface area contributed by atoms with Gasteiger partial charge in [0, 0.05) is 13.1 Å². The Hall–Kier alpha value is -1.69. The van der Waals surface area contributed by atoms with E-state index in [9.17, 15) is 4.79 Å². The second-order valence-electron chi connectivity index (χ2n) is 5.23. The van der Waals surface area contributed by atoms with Crippen molar-refractivity contribution in [3.8, 4) is 0 Å². The maximum atomic E-state index is 12.3. The molecule has 0 radical (unpaired) electrons. The molecule has 1 aromatic carbocycles. The quantitative estimate of drug-likeness (QED) is 0.384. The third kappa shape index (κ3) is 3.50. The predicted octanol–water partition coefficient (Wildman–Crippen LogP) is 1.70. The second-order valence-corrected chi connectivity index (χ2v) is 6.42. The number of hydrogen-bond donors (Lipinski definition) is 2. The fourth-order valence-electron chi connectivity index (χ4n) is 2.66. The number of nitrogens with zero attached hydrogens (tertiary/aromatic N) is 2. The highest BCUT2D eigenvalue weighted by Crippen LogP contribution is 2.34. The molecule has 1 saturated heterocycles. The molecule has 6 heteroatoms. The van der Waals surface area contributed by atoms with Crippen LogP contribution in [0.3, 0.4) is 0 Å². The average Bonchev–Trinajstić information content (AvgIpc) is 2.55. The number of thioether (sulfide) groups is 1. The van der Waals surface area contributed by atoms with E-state index in [2.05, 4.69) is 5.16 Å². The van der Waals surface area contributed by atoms with Crippen molar-refractivity contribution in [2.45, 2.75) is 24.0 Å². The number of hydrogen-bond acceptors (Lipinski definition) is 4. The highest BCUT2D eigenvalue weighted by Gasteiger charge is 2.39. The van der Waals surface area contributed by atoms with E-state index < -0.39 is 0 Å². The van der Waals surface area contributed by atoms with Gasteiger partial charge in [-0.15, -0.1) is 0 Å². The van der Waals surface area contributed by atoms with Gasteiger partial charge in [0.2, 0.25) is 5.91 Å². The van der Waals surface area contributed by atoms with Gasteiger partial charge in [-0.2, -0.15) is 11.8 Å². The summed E-state index contributed by atoms with van der Waals surface area (Å²) in [5, 5.41) is 12.1. The summed E-state index contributed by atoms with van der Waals surface area (Å²) in [7, 11) is 0. The highest BCUT2D eigenvalue weighted by molar-refractivity contribution is 8.00. The number of oxime groups is 1. The summed E-state index contributed by atoms with van der Waals surface area (Å²) < 4.78 is -0.349. The zero-order valence-corrected chi connectivity index (χ0v) is 13.0. The molecule has 0 bridgehead atoms. The van der Waals surface area contributed by atoms with Crippen molar-refractivity contribution in [1.82, 2.24) is 4.90 Å². The Balaban J connectivity index is 1.96. The first-order chi connectivity index (χ1) is 10.1. The summed E-state index contributed by atoms with van der Waals surface area (Å²) in [4.78, 5) is 14.2. The molecule has 21 heavy (non-hydrogen) atoms. The third-order valence-corrected chi connectivity index (χ3v) is 5.49. The average molecular weight is 307 g/mol. The second kappa shape index (κ2) is 6.85. The molecule has 0 aliphatic carbocycles. The van der Waals surface area contributed by atoms with Gasteiger partial charge in [0.05, 0.1) is 11.2 Å². The van der Waals surface area contributed by atoms with Crippen LogP contribution in [0.4, 0.5) is 0 Å². The molecular formula is C15H21N3O2S. The fourth-order valence-corrected chi connectivity index (χ4v) is 3.50. The lowest BCUT2D eigenvalue weighted by Crippen LogP contribution is -2.51. The first-order valence-electron chi connectivity index (χ1n) is 6.96. The van der Waals surface area contributed by atoms with Crippen molar-refractivity contribution in [1.29, 1.82) is 0 Å². The van der Waals surface area contributed by atoms with Crippen molar-refractivity contribution in [3.05, 3.63) is 35.9 Å². The van der Waals surface area contributed by atoms with E-state index in [0.717, 1.165) is 5.56 Å². The Bertz CT molecular complexity index is 511. The van der Waals surface area contributed by atoms with Gasteiger partial charge in [0.15, 0.2) is 5.84 Å². The molecule has 3 N–H and O–H groups in total. The molecule has 0 saturated carbocycles. The van der Waals surface area contributed by atoms with E-state index in [1.54, 1.807) is 11.8 Å². The van der Waals surface area contributed by atoms with Crippen LogP contribution in [0.1, 0.15) is 18.4 Å². The summed E-state index contributed by atoms with van der Waals surface area (Å²) >= 11 is 1.59. The molecular weight excluding hydrogens is 286 g/mol. The number of nitrogens with two attached hydrogens (primary N) is 1. The number of carbonyl (C=O) groups is 1. The molecule has 1 fully saturated rings. The lowest BCUT2D eigenvalue weighted by atomic mass is 9.94. The number of piperidine rings is 1. The Morgan fingerprint density at radius 1 is 1.38 bits per heavy atom. The van der Waals surface area contributed by atoms with Crippen LogP contribution in [0.5, 0.6) is 0 Å². The van der Waals surface area contributed by atoms with Crippen LogP contribution in [0.2, 0.25) is 0 Å². The molecule has 1 aromatic rings. The van der Waals surface area contributed by atoms with Gasteiger partial charge in [-0.3, -0.25) is 4.79 Å². The molecule has 114 valence electrons. The largest absolute Gasteiger partial charge is 0.409 e. The number of carbonyl (C=O) groups excluding carboxylic acids is 1. The van der Waals surface area contributed by atoms with Crippen LogP contribution in [-0.2, 0) is 11.2 Å². The van der Waals surface area contributed by atoms with Gasteiger partial charge >= 0.3 is 0 Å². The molecule has 0 aromatic heterocycles. The van der Waals surface area contributed by atoms with Crippen molar-refractivity contribution in [2.75, 3.05) is 19.3 Å². The van der Waals surface area contributed by atoms with Crippen molar-refractivity contribution in [2.24, 2.45) is 10.9 Å². The molecule has 1 heterocycles. The third-order valence-electron chi connectivity index (χ3n) is 4.09.